The fourth-order valence-corrected chi connectivity index (χ4v) is 3.27. The molecule has 0 spiro atoms. The van der Waals surface area contributed by atoms with Gasteiger partial charge in [-0.05, 0) is 24.6 Å². The van der Waals surface area contributed by atoms with E-state index < -0.39 is 0 Å². The Kier molecular flexibility index (Phi) is 3.28. The standard InChI is InChI=1S/C15H14ClN3S/c1-9-4-3-5-10(8-9)13-14(18-19(2)15(13)17)11-6-7-12(16)20-11/h3-8H,17H2,1-2H3. The highest BCUT2D eigenvalue weighted by Gasteiger charge is 2.18. The Morgan fingerprint density at radius 2 is 2.05 bits per heavy atom. The first-order valence-electron chi connectivity index (χ1n) is 6.21. The van der Waals surface area contributed by atoms with Gasteiger partial charge in [0.2, 0.25) is 0 Å². The predicted molar refractivity (Wildman–Crippen MR) is 86.1 cm³/mol. The smallest absolute Gasteiger partial charge is 0.129 e. The average Bonchev–Trinajstić information content (AvgIpc) is 2.95. The number of anilines is 1. The molecule has 0 amide bonds. The van der Waals surface area contributed by atoms with Crippen molar-refractivity contribution in [2.24, 2.45) is 7.05 Å². The van der Waals surface area contributed by atoms with E-state index in [4.69, 9.17) is 17.3 Å². The van der Waals surface area contributed by atoms with Crippen LogP contribution in [-0.2, 0) is 7.05 Å². The molecular formula is C15H14ClN3S. The number of hydrogen-bond donors (Lipinski definition) is 1. The highest BCUT2D eigenvalue weighted by molar-refractivity contribution is 7.19. The van der Waals surface area contributed by atoms with Crippen LogP contribution in [0.25, 0.3) is 21.7 Å². The van der Waals surface area contributed by atoms with Gasteiger partial charge in [-0.1, -0.05) is 41.4 Å². The van der Waals surface area contributed by atoms with Crippen LogP contribution in [0.3, 0.4) is 0 Å². The van der Waals surface area contributed by atoms with Crippen LogP contribution in [-0.4, -0.2) is 9.78 Å². The van der Waals surface area contributed by atoms with Crippen LogP contribution in [0.1, 0.15) is 5.56 Å². The average molecular weight is 304 g/mol. The van der Waals surface area contributed by atoms with Crippen LogP contribution in [0.15, 0.2) is 36.4 Å². The molecule has 2 heterocycles. The molecule has 3 nitrogen and oxygen atoms in total. The fraction of sp³-hybridized carbons (Fsp3) is 0.133. The minimum Gasteiger partial charge on any atom is -0.383 e. The van der Waals surface area contributed by atoms with Crippen LogP contribution in [0.4, 0.5) is 5.82 Å². The van der Waals surface area contributed by atoms with Crippen molar-refractivity contribution in [3.05, 3.63) is 46.3 Å². The van der Waals surface area contributed by atoms with Gasteiger partial charge in [-0.3, -0.25) is 4.68 Å². The Morgan fingerprint density at radius 3 is 2.70 bits per heavy atom. The molecular weight excluding hydrogens is 290 g/mol. The maximum atomic E-state index is 6.20. The number of aryl methyl sites for hydroxylation is 2. The number of nitrogens with two attached hydrogens (primary N) is 1. The summed E-state index contributed by atoms with van der Waals surface area (Å²) in [5, 5.41) is 4.54. The molecule has 0 aliphatic heterocycles. The van der Waals surface area contributed by atoms with E-state index in [9.17, 15) is 0 Å². The van der Waals surface area contributed by atoms with E-state index in [2.05, 4.69) is 30.2 Å². The summed E-state index contributed by atoms with van der Waals surface area (Å²) in [5.74, 6) is 0.662. The molecule has 0 saturated carbocycles. The normalized spacial score (nSPS) is 10.9. The van der Waals surface area contributed by atoms with Crippen LogP contribution >= 0.6 is 22.9 Å². The summed E-state index contributed by atoms with van der Waals surface area (Å²) in [4.78, 5) is 1.03. The summed E-state index contributed by atoms with van der Waals surface area (Å²) in [6.07, 6.45) is 0. The van der Waals surface area contributed by atoms with Crippen molar-refractivity contribution in [3.63, 3.8) is 0 Å². The van der Waals surface area contributed by atoms with E-state index in [-0.39, 0.29) is 0 Å². The molecule has 0 saturated heterocycles. The molecule has 0 unspecified atom stereocenters. The Morgan fingerprint density at radius 1 is 1.25 bits per heavy atom. The van der Waals surface area contributed by atoms with Gasteiger partial charge < -0.3 is 5.73 Å². The summed E-state index contributed by atoms with van der Waals surface area (Å²) >= 11 is 7.54. The molecule has 102 valence electrons. The van der Waals surface area contributed by atoms with E-state index in [0.29, 0.717) is 5.82 Å². The molecule has 1 aromatic carbocycles. The van der Waals surface area contributed by atoms with E-state index in [1.807, 2.05) is 25.2 Å². The highest BCUT2D eigenvalue weighted by Crippen LogP contribution is 2.39. The molecule has 3 aromatic rings. The number of benzene rings is 1. The van der Waals surface area contributed by atoms with Gasteiger partial charge >= 0.3 is 0 Å². The van der Waals surface area contributed by atoms with E-state index in [1.165, 1.54) is 16.9 Å². The third-order valence-corrected chi connectivity index (χ3v) is 4.44. The van der Waals surface area contributed by atoms with Crippen molar-refractivity contribution in [2.75, 3.05) is 5.73 Å². The van der Waals surface area contributed by atoms with E-state index in [1.54, 1.807) is 4.68 Å². The van der Waals surface area contributed by atoms with Gasteiger partial charge in [0, 0.05) is 7.05 Å². The Hall–Kier alpha value is -1.78. The van der Waals surface area contributed by atoms with Crippen LogP contribution in [0, 0.1) is 6.92 Å². The zero-order valence-electron chi connectivity index (χ0n) is 11.2. The molecule has 20 heavy (non-hydrogen) atoms. The minimum atomic E-state index is 0.662. The predicted octanol–water partition coefficient (Wildman–Crippen LogP) is 4.36. The van der Waals surface area contributed by atoms with Crippen molar-refractivity contribution in [2.45, 2.75) is 6.92 Å². The SMILES string of the molecule is Cc1cccc(-c2c(-c3ccc(Cl)s3)nn(C)c2N)c1. The maximum absolute atomic E-state index is 6.20. The van der Waals surface area contributed by atoms with E-state index in [0.717, 1.165) is 26.0 Å². The molecule has 0 atom stereocenters. The Bertz CT molecular complexity index is 773. The second kappa shape index (κ2) is 4.96. The van der Waals surface area contributed by atoms with Gasteiger partial charge in [0.15, 0.2) is 0 Å². The van der Waals surface area contributed by atoms with Crippen LogP contribution in [0.5, 0.6) is 0 Å². The molecule has 3 rings (SSSR count). The summed E-state index contributed by atoms with van der Waals surface area (Å²) in [5.41, 5.74) is 10.3. The second-order valence-electron chi connectivity index (χ2n) is 4.71. The van der Waals surface area contributed by atoms with Crippen LogP contribution < -0.4 is 5.73 Å². The molecule has 2 N–H and O–H groups in total. The van der Waals surface area contributed by atoms with Crippen LogP contribution in [0.2, 0.25) is 4.34 Å². The van der Waals surface area contributed by atoms with Gasteiger partial charge in [-0.15, -0.1) is 11.3 Å². The summed E-state index contributed by atoms with van der Waals surface area (Å²) in [6.45, 7) is 2.07. The monoisotopic (exact) mass is 303 g/mol. The second-order valence-corrected chi connectivity index (χ2v) is 6.42. The summed E-state index contributed by atoms with van der Waals surface area (Å²) in [6, 6.07) is 12.1. The molecule has 5 heteroatoms. The number of aromatic nitrogens is 2. The van der Waals surface area contributed by atoms with Crippen molar-refractivity contribution in [1.29, 1.82) is 0 Å². The van der Waals surface area contributed by atoms with Gasteiger partial charge in [-0.25, -0.2) is 0 Å². The van der Waals surface area contributed by atoms with Gasteiger partial charge in [0.1, 0.15) is 11.5 Å². The lowest BCUT2D eigenvalue weighted by molar-refractivity contribution is 0.783. The molecule has 2 aromatic heterocycles. The van der Waals surface area contributed by atoms with Crippen molar-refractivity contribution in [1.82, 2.24) is 9.78 Å². The molecule has 0 radical (unpaired) electrons. The number of nitrogens with zero attached hydrogens (tertiary/aromatic N) is 2. The highest BCUT2D eigenvalue weighted by atomic mass is 35.5. The number of hydrogen-bond acceptors (Lipinski definition) is 3. The lowest BCUT2D eigenvalue weighted by atomic mass is 10.0. The zero-order chi connectivity index (χ0) is 14.3. The van der Waals surface area contributed by atoms with Crippen molar-refractivity contribution < 1.29 is 0 Å². The molecule has 0 bridgehead atoms. The van der Waals surface area contributed by atoms with Gasteiger partial charge in [0.25, 0.3) is 0 Å². The molecule has 0 aliphatic rings. The molecule has 0 aliphatic carbocycles. The quantitative estimate of drug-likeness (QED) is 0.764. The summed E-state index contributed by atoms with van der Waals surface area (Å²) < 4.78 is 2.46. The first-order chi connectivity index (χ1) is 9.56. The first-order valence-corrected chi connectivity index (χ1v) is 7.41. The third-order valence-electron chi connectivity index (χ3n) is 3.20. The Balaban J connectivity index is 2.24. The first kappa shape index (κ1) is 13.2. The van der Waals surface area contributed by atoms with E-state index >= 15 is 0 Å². The number of rotatable bonds is 2. The van der Waals surface area contributed by atoms with Crippen molar-refractivity contribution >= 4 is 28.8 Å². The maximum Gasteiger partial charge on any atom is 0.129 e. The van der Waals surface area contributed by atoms with Crippen molar-refractivity contribution in [3.8, 4) is 21.7 Å². The largest absolute Gasteiger partial charge is 0.383 e. The number of nitrogen functional groups attached to an aromatic ring is 1. The fourth-order valence-electron chi connectivity index (χ4n) is 2.24. The Labute approximate surface area is 126 Å². The molecule has 0 fully saturated rings. The van der Waals surface area contributed by atoms with Gasteiger partial charge in [0.05, 0.1) is 14.8 Å². The minimum absolute atomic E-state index is 0.662. The topological polar surface area (TPSA) is 43.8 Å². The third kappa shape index (κ3) is 2.21. The van der Waals surface area contributed by atoms with Gasteiger partial charge in [-0.2, -0.15) is 5.10 Å². The lowest BCUT2D eigenvalue weighted by Gasteiger charge is -2.04. The number of thiophene rings is 1. The lowest BCUT2D eigenvalue weighted by Crippen LogP contribution is -1.98. The number of halogens is 1. The summed E-state index contributed by atoms with van der Waals surface area (Å²) in [7, 11) is 1.85. The zero-order valence-corrected chi connectivity index (χ0v) is 12.8.